The van der Waals surface area contributed by atoms with E-state index in [1.165, 1.54) is 27.7 Å². The maximum atomic E-state index is 12.2. The predicted octanol–water partition coefficient (Wildman–Crippen LogP) is -1.53. The van der Waals surface area contributed by atoms with Gasteiger partial charge in [0.15, 0.2) is 0 Å². The quantitative estimate of drug-likeness (QED) is 0.153. The Kier molecular flexibility index (Phi) is 10.2. The highest BCUT2D eigenvalue weighted by molar-refractivity contribution is 6.13. The molecule has 0 aromatic heterocycles. The Balaban J connectivity index is 6.61. The average Bonchev–Trinajstić information content (AvgIpc) is 2.59. The topological polar surface area (TPSA) is 151 Å². The molecule has 0 amide bonds. The molecular formula is C16H20O10-2. The largest absolute Gasteiger partial charge is 0.867 e. The average molecular weight is 372 g/mol. The SMILES string of the molecule is CCOC(=O)/C([O-])=C(C(=O)OCC)/C(C(=O)OCC)=C(\[O-])C(=O)OCC. The van der Waals surface area contributed by atoms with Gasteiger partial charge in [0.2, 0.25) is 0 Å². The van der Waals surface area contributed by atoms with E-state index < -0.39 is 46.5 Å². The molecular weight excluding hydrogens is 352 g/mol. The van der Waals surface area contributed by atoms with Crippen molar-refractivity contribution in [3.05, 3.63) is 22.7 Å². The van der Waals surface area contributed by atoms with Gasteiger partial charge in [-0.2, -0.15) is 0 Å². The minimum Gasteiger partial charge on any atom is -0.867 e. The molecule has 0 aromatic rings. The van der Waals surface area contributed by atoms with Crippen LogP contribution in [0.25, 0.3) is 0 Å². The summed E-state index contributed by atoms with van der Waals surface area (Å²) in [4.78, 5) is 47.6. The van der Waals surface area contributed by atoms with Crippen LogP contribution in [0.5, 0.6) is 0 Å². The number of hydrogen-bond acceptors (Lipinski definition) is 10. The normalized spacial score (nSPS) is 12.3. The van der Waals surface area contributed by atoms with Gasteiger partial charge in [0, 0.05) is 0 Å². The highest BCUT2D eigenvalue weighted by Crippen LogP contribution is 2.20. The highest BCUT2D eigenvalue weighted by Gasteiger charge is 2.29. The van der Waals surface area contributed by atoms with E-state index in [1.807, 2.05) is 0 Å². The van der Waals surface area contributed by atoms with Gasteiger partial charge >= 0.3 is 23.9 Å². The van der Waals surface area contributed by atoms with E-state index in [2.05, 4.69) is 18.9 Å². The van der Waals surface area contributed by atoms with Crippen LogP contribution in [0.3, 0.4) is 0 Å². The van der Waals surface area contributed by atoms with E-state index >= 15 is 0 Å². The summed E-state index contributed by atoms with van der Waals surface area (Å²) >= 11 is 0. The van der Waals surface area contributed by atoms with Crippen LogP contribution in [0.15, 0.2) is 22.7 Å². The first-order valence-electron chi connectivity index (χ1n) is 7.77. The van der Waals surface area contributed by atoms with Crippen LogP contribution < -0.4 is 10.2 Å². The minimum absolute atomic E-state index is 0.207. The van der Waals surface area contributed by atoms with Crippen molar-refractivity contribution >= 4 is 23.9 Å². The number of hydrogen-bond donors (Lipinski definition) is 0. The first-order chi connectivity index (χ1) is 12.3. The fourth-order valence-electron chi connectivity index (χ4n) is 1.62. The summed E-state index contributed by atoms with van der Waals surface area (Å²) in [6.07, 6.45) is 0. The molecule has 0 spiro atoms. The zero-order chi connectivity index (χ0) is 20.3. The zero-order valence-corrected chi connectivity index (χ0v) is 14.9. The molecule has 0 fully saturated rings. The van der Waals surface area contributed by atoms with Gasteiger partial charge in [0.1, 0.15) is 0 Å². The van der Waals surface area contributed by atoms with Crippen molar-refractivity contribution in [1.29, 1.82) is 0 Å². The second kappa shape index (κ2) is 11.5. The van der Waals surface area contributed by atoms with Crippen molar-refractivity contribution in [2.45, 2.75) is 27.7 Å². The summed E-state index contributed by atoms with van der Waals surface area (Å²) in [5, 5.41) is 24.5. The molecule has 0 aliphatic rings. The fraction of sp³-hybridized carbons (Fsp3) is 0.500. The molecule has 10 nitrogen and oxygen atoms in total. The maximum absolute atomic E-state index is 12.2. The van der Waals surface area contributed by atoms with E-state index in [1.54, 1.807) is 0 Å². The Labute approximate surface area is 150 Å². The summed E-state index contributed by atoms with van der Waals surface area (Å²) in [6.45, 7) is 4.69. The standard InChI is InChI=1S/C16H22O10/c1-5-23-13(19)9(11(17)15(21)25-7-3)10(14(20)24-6-2)12(18)16(22)26-8-4/h17-18H,5-8H2,1-4H3/p-2/b11-9+,12-10+. The molecule has 0 atom stereocenters. The lowest BCUT2D eigenvalue weighted by atomic mass is 10.0. The molecule has 0 aliphatic carbocycles. The van der Waals surface area contributed by atoms with Crippen LogP contribution in [-0.2, 0) is 38.1 Å². The molecule has 0 radical (unpaired) electrons. The Morgan fingerprint density at radius 2 is 0.769 bits per heavy atom. The van der Waals surface area contributed by atoms with Crippen LogP contribution >= 0.6 is 0 Å². The predicted molar refractivity (Wildman–Crippen MR) is 80.6 cm³/mol. The van der Waals surface area contributed by atoms with Gasteiger partial charge < -0.3 is 29.2 Å². The van der Waals surface area contributed by atoms with E-state index in [4.69, 9.17) is 0 Å². The van der Waals surface area contributed by atoms with E-state index in [0.29, 0.717) is 0 Å². The third-order valence-corrected chi connectivity index (χ3v) is 2.58. The lowest BCUT2D eigenvalue weighted by Gasteiger charge is -2.22. The van der Waals surface area contributed by atoms with Crippen LogP contribution in [0, 0.1) is 0 Å². The van der Waals surface area contributed by atoms with E-state index in [0.717, 1.165) is 0 Å². The lowest BCUT2D eigenvalue weighted by Crippen LogP contribution is -2.32. The van der Waals surface area contributed by atoms with Gasteiger partial charge in [-0.05, 0) is 39.2 Å². The Morgan fingerprint density at radius 3 is 1.00 bits per heavy atom. The van der Waals surface area contributed by atoms with Crippen LogP contribution in [0.1, 0.15) is 27.7 Å². The Hall–Kier alpha value is -3.04. The molecule has 0 N–H and O–H groups in total. The highest BCUT2D eigenvalue weighted by atomic mass is 16.6. The Bertz CT molecular complexity index is 561. The molecule has 0 bridgehead atoms. The van der Waals surface area contributed by atoms with Gasteiger partial charge in [-0.15, -0.1) is 0 Å². The third kappa shape index (κ3) is 6.11. The smallest absolute Gasteiger partial charge is 0.338 e. The van der Waals surface area contributed by atoms with Gasteiger partial charge in [0.25, 0.3) is 0 Å². The van der Waals surface area contributed by atoms with Crippen molar-refractivity contribution in [1.82, 2.24) is 0 Å². The molecule has 0 rings (SSSR count). The Morgan fingerprint density at radius 1 is 0.538 bits per heavy atom. The number of rotatable bonds is 9. The van der Waals surface area contributed by atoms with Crippen LogP contribution in [-0.4, -0.2) is 50.3 Å². The first kappa shape index (κ1) is 23.0. The van der Waals surface area contributed by atoms with E-state index in [9.17, 15) is 29.4 Å². The van der Waals surface area contributed by atoms with Crippen molar-refractivity contribution in [3.8, 4) is 0 Å². The molecule has 0 heterocycles. The molecule has 0 aromatic carbocycles. The molecule has 26 heavy (non-hydrogen) atoms. The molecule has 10 heteroatoms. The molecule has 0 saturated heterocycles. The van der Waals surface area contributed by atoms with Gasteiger partial charge in [-0.1, -0.05) is 0 Å². The number of ether oxygens (including phenoxy) is 4. The van der Waals surface area contributed by atoms with Gasteiger partial charge in [0.05, 0.1) is 37.6 Å². The fourth-order valence-corrected chi connectivity index (χ4v) is 1.62. The molecule has 0 unspecified atom stereocenters. The second-order valence-corrected chi connectivity index (χ2v) is 4.29. The summed E-state index contributed by atoms with van der Waals surface area (Å²) < 4.78 is 18.2. The third-order valence-electron chi connectivity index (χ3n) is 2.58. The summed E-state index contributed by atoms with van der Waals surface area (Å²) in [7, 11) is 0. The summed E-state index contributed by atoms with van der Waals surface area (Å²) in [5.74, 6) is -9.16. The monoisotopic (exact) mass is 372 g/mol. The number of esters is 4. The van der Waals surface area contributed by atoms with Crippen LogP contribution in [0.2, 0.25) is 0 Å². The zero-order valence-electron chi connectivity index (χ0n) is 14.9. The van der Waals surface area contributed by atoms with Crippen molar-refractivity contribution < 1.29 is 48.3 Å². The first-order valence-corrected chi connectivity index (χ1v) is 7.77. The number of carbonyl (C=O) groups is 4. The summed E-state index contributed by atoms with van der Waals surface area (Å²) in [6, 6.07) is 0. The second-order valence-electron chi connectivity index (χ2n) is 4.29. The minimum atomic E-state index is -1.62. The van der Waals surface area contributed by atoms with Crippen LogP contribution in [0.4, 0.5) is 0 Å². The van der Waals surface area contributed by atoms with Crippen molar-refractivity contribution in [2.75, 3.05) is 26.4 Å². The van der Waals surface area contributed by atoms with Gasteiger partial charge in [-0.25, -0.2) is 19.2 Å². The molecule has 0 saturated carbocycles. The lowest BCUT2D eigenvalue weighted by molar-refractivity contribution is -0.308. The van der Waals surface area contributed by atoms with Crippen molar-refractivity contribution in [3.63, 3.8) is 0 Å². The van der Waals surface area contributed by atoms with Gasteiger partial charge in [-0.3, -0.25) is 0 Å². The number of carbonyl (C=O) groups excluding carboxylic acids is 4. The van der Waals surface area contributed by atoms with E-state index in [-0.39, 0.29) is 26.4 Å². The molecule has 0 aliphatic heterocycles. The summed E-state index contributed by atoms with van der Waals surface area (Å²) in [5.41, 5.74) is -2.50. The van der Waals surface area contributed by atoms with Crippen molar-refractivity contribution in [2.24, 2.45) is 0 Å². The molecule has 146 valence electrons. The maximum Gasteiger partial charge on any atom is 0.338 e.